The summed E-state index contributed by atoms with van der Waals surface area (Å²) in [4.78, 5) is 12.2. The molecular formula is C15H19Cl2NO. The molecule has 1 aromatic carbocycles. The van der Waals surface area contributed by atoms with E-state index in [0.29, 0.717) is 21.7 Å². The van der Waals surface area contributed by atoms with Gasteiger partial charge >= 0.3 is 0 Å². The molecule has 0 heterocycles. The molecule has 1 fully saturated rings. The van der Waals surface area contributed by atoms with Gasteiger partial charge in [0, 0.05) is 11.6 Å². The number of hydrogen-bond acceptors (Lipinski definition) is 1. The number of nitrogens with one attached hydrogen (secondary N) is 1. The molecule has 104 valence electrons. The van der Waals surface area contributed by atoms with Crippen LogP contribution in [0, 0.1) is 11.8 Å². The minimum atomic E-state index is 0.0507. The van der Waals surface area contributed by atoms with Crippen LogP contribution in [-0.4, -0.2) is 5.91 Å². The van der Waals surface area contributed by atoms with Gasteiger partial charge < -0.3 is 5.32 Å². The molecule has 19 heavy (non-hydrogen) atoms. The van der Waals surface area contributed by atoms with Crippen molar-refractivity contribution in [3.63, 3.8) is 0 Å². The van der Waals surface area contributed by atoms with Gasteiger partial charge in [-0.3, -0.25) is 4.79 Å². The van der Waals surface area contributed by atoms with Crippen molar-refractivity contribution in [3.05, 3.63) is 28.2 Å². The Bertz CT molecular complexity index is 455. The SMILES string of the molecule is CC(C(=O)Nc1ccc(Cl)c(Cl)c1)C1CCCCC1. The molecule has 1 amide bonds. The van der Waals surface area contributed by atoms with Crippen LogP contribution >= 0.6 is 23.2 Å². The highest BCUT2D eigenvalue weighted by molar-refractivity contribution is 6.42. The van der Waals surface area contributed by atoms with Crippen molar-refractivity contribution in [1.82, 2.24) is 0 Å². The smallest absolute Gasteiger partial charge is 0.227 e. The fourth-order valence-electron chi connectivity index (χ4n) is 2.68. The largest absolute Gasteiger partial charge is 0.326 e. The summed E-state index contributed by atoms with van der Waals surface area (Å²) in [7, 11) is 0. The van der Waals surface area contributed by atoms with Gasteiger partial charge in [-0.1, -0.05) is 49.4 Å². The third-order valence-corrected chi connectivity index (χ3v) is 4.70. The third kappa shape index (κ3) is 3.87. The Morgan fingerprint density at radius 1 is 1.21 bits per heavy atom. The lowest BCUT2D eigenvalue weighted by Crippen LogP contribution is -2.28. The van der Waals surface area contributed by atoms with Crippen molar-refractivity contribution in [2.24, 2.45) is 11.8 Å². The topological polar surface area (TPSA) is 29.1 Å². The van der Waals surface area contributed by atoms with Crippen LogP contribution in [0.4, 0.5) is 5.69 Å². The van der Waals surface area contributed by atoms with Crippen molar-refractivity contribution in [2.75, 3.05) is 5.32 Å². The summed E-state index contributed by atoms with van der Waals surface area (Å²) in [6.45, 7) is 2.02. The Hall–Kier alpha value is -0.730. The predicted octanol–water partition coefficient (Wildman–Crippen LogP) is 5.15. The minimum Gasteiger partial charge on any atom is -0.326 e. The Morgan fingerprint density at radius 2 is 1.89 bits per heavy atom. The van der Waals surface area contributed by atoms with E-state index in [9.17, 15) is 4.79 Å². The van der Waals surface area contributed by atoms with Gasteiger partial charge in [0.25, 0.3) is 0 Å². The van der Waals surface area contributed by atoms with Gasteiger partial charge in [0.2, 0.25) is 5.91 Å². The van der Waals surface area contributed by atoms with E-state index in [2.05, 4.69) is 5.32 Å². The summed E-state index contributed by atoms with van der Waals surface area (Å²) < 4.78 is 0. The van der Waals surface area contributed by atoms with E-state index in [0.717, 1.165) is 12.8 Å². The molecule has 0 aromatic heterocycles. The first-order valence-corrected chi connectivity index (χ1v) is 7.59. The van der Waals surface area contributed by atoms with E-state index in [1.165, 1.54) is 19.3 Å². The summed E-state index contributed by atoms with van der Waals surface area (Å²) >= 11 is 11.8. The molecule has 1 aromatic rings. The monoisotopic (exact) mass is 299 g/mol. The van der Waals surface area contributed by atoms with E-state index >= 15 is 0 Å². The fourth-order valence-corrected chi connectivity index (χ4v) is 2.98. The molecule has 1 saturated carbocycles. The van der Waals surface area contributed by atoms with Crippen LogP contribution in [0.2, 0.25) is 10.0 Å². The van der Waals surface area contributed by atoms with Crippen LogP contribution in [0.5, 0.6) is 0 Å². The molecule has 0 bridgehead atoms. The number of carbonyl (C=O) groups excluding carboxylic acids is 1. The molecule has 1 N–H and O–H groups in total. The summed E-state index contributed by atoms with van der Waals surface area (Å²) in [6.07, 6.45) is 6.12. The first kappa shape index (κ1) is 14.7. The summed E-state index contributed by atoms with van der Waals surface area (Å²) in [5, 5.41) is 3.89. The number of amides is 1. The zero-order valence-electron chi connectivity index (χ0n) is 11.1. The standard InChI is InChI=1S/C15H19Cl2NO/c1-10(11-5-3-2-4-6-11)15(19)18-12-7-8-13(16)14(17)9-12/h7-11H,2-6H2,1H3,(H,18,19). The second-order valence-corrected chi connectivity index (χ2v) is 6.12. The number of halogens is 2. The lowest BCUT2D eigenvalue weighted by atomic mass is 9.80. The zero-order valence-corrected chi connectivity index (χ0v) is 12.6. The first-order chi connectivity index (χ1) is 9.08. The van der Waals surface area contributed by atoms with Crippen molar-refractivity contribution in [3.8, 4) is 0 Å². The van der Waals surface area contributed by atoms with Crippen molar-refractivity contribution in [2.45, 2.75) is 39.0 Å². The Balaban J connectivity index is 1.97. The molecule has 1 aliphatic rings. The van der Waals surface area contributed by atoms with E-state index in [1.54, 1.807) is 18.2 Å². The highest BCUT2D eigenvalue weighted by atomic mass is 35.5. The zero-order chi connectivity index (χ0) is 13.8. The van der Waals surface area contributed by atoms with Crippen LogP contribution in [0.25, 0.3) is 0 Å². The van der Waals surface area contributed by atoms with Gasteiger partial charge in [0.05, 0.1) is 10.0 Å². The molecule has 0 aliphatic heterocycles. The first-order valence-electron chi connectivity index (χ1n) is 6.84. The van der Waals surface area contributed by atoms with Crippen LogP contribution in [-0.2, 0) is 4.79 Å². The highest BCUT2D eigenvalue weighted by Crippen LogP contribution is 2.31. The van der Waals surface area contributed by atoms with E-state index < -0.39 is 0 Å². The normalized spacial score (nSPS) is 18.1. The van der Waals surface area contributed by atoms with Crippen molar-refractivity contribution < 1.29 is 4.79 Å². The third-order valence-electron chi connectivity index (χ3n) is 3.96. The highest BCUT2D eigenvalue weighted by Gasteiger charge is 2.25. The molecule has 2 nitrogen and oxygen atoms in total. The quantitative estimate of drug-likeness (QED) is 0.822. The van der Waals surface area contributed by atoms with E-state index in [-0.39, 0.29) is 11.8 Å². The van der Waals surface area contributed by atoms with Crippen LogP contribution in [0.15, 0.2) is 18.2 Å². The summed E-state index contributed by atoms with van der Waals surface area (Å²) in [5.41, 5.74) is 0.710. The van der Waals surface area contributed by atoms with Gasteiger partial charge in [-0.2, -0.15) is 0 Å². The van der Waals surface area contributed by atoms with Crippen LogP contribution < -0.4 is 5.32 Å². The van der Waals surface area contributed by atoms with Crippen molar-refractivity contribution >= 4 is 34.8 Å². The molecule has 4 heteroatoms. The molecule has 0 radical (unpaired) electrons. The number of carbonyl (C=O) groups is 1. The molecule has 1 aliphatic carbocycles. The maximum Gasteiger partial charge on any atom is 0.227 e. The van der Waals surface area contributed by atoms with Crippen LogP contribution in [0.1, 0.15) is 39.0 Å². The molecular weight excluding hydrogens is 281 g/mol. The van der Waals surface area contributed by atoms with Crippen LogP contribution in [0.3, 0.4) is 0 Å². The average molecular weight is 300 g/mol. The van der Waals surface area contributed by atoms with Gasteiger partial charge in [-0.25, -0.2) is 0 Å². The average Bonchev–Trinajstić information content (AvgIpc) is 2.43. The lowest BCUT2D eigenvalue weighted by molar-refractivity contribution is -0.121. The molecule has 1 atom stereocenters. The minimum absolute atomic E-state index is 0.0507. The van der Waals surface area contributed by atoms with Crippen molar-refractivity contribution in [1.29, 1.82) is 0 Å². The van der Waals surface area contributed by atoms with Gasteiger partial charge in [0.15, 0.2) is 0 Å². The molecule has 0 spiro atoms. The van der Waals surface area contributed by atoms with E-state index in [1.807, 2.05) is 6.92 Å². The second kappa shape index (κ2) is 6.62. The number of anilines is 1. The Kier molecular flexibility index (Phi) is 5.12. The number of hydrogen-bond donors (Lipinski definition) is 1. The second-order valence-electron chi connectivity index (χ2n) is 5.30. The molecule has 0 saturated heterocycles. The molecule has 2 rings (SSSR count). The maximum atomic E-state index is 12.2. The Morgan fingerprint density at radius 3 is 2.53 bits per heavy atom. The van der Waals surface area contributed by atoms with Gasteiger partial charge in [-0.05, 0) is 37.0 Å². The maximum absolute atomic E-state index is 12.2. The molecule has 1 unspecified atom stereocenters. The Labute approximate surface area is 124 Å². The number of rotatable bonds is 3. The van der Waals surface area contributed by atoms with E-state index in [4.69, 9.17) is 23.2 Å². The van der Waals surface area contributed by atoms with Gasteiger partial charge in [-0.15, -0.1) is 0 Å². The number of benzene rings is 1. The summed E-state index contributed by atoms with van der Waals surface area (Å²) in [6, 6.07) is 5.17. The fraction of sp³-hybridized carbons (Fsp3) is 0.533. The predicted molar refractivity (Wildman–Crippen MR) is 80.8 cm³/mol. The van der Waals surface area contributed by atoms with Gasteiger partial charge in [0.1, 0.15) is 0 Å². The summed E-state index contributed by atoms with van der Waals surface area (Å²) in [5.74, 6) is 0.636. The lowest BCUT2D eigenvalue weighted by Gasteiger charge is -2.26.